The number of allylic oxidation sites excluding steroid dienone is 1. The van der Waals surface area contributed by atoms with Crippen LogP contribution in [0.5, 0.6) is 0 Å². The van der Waals surface area contributed by atoms with Gasteiger partial charge in [0.2, 0.25) is 5.91 Å². The highest BCUT2D eigenvalue weighted by Gasteiger charge is 2.30. The molecule has 0 aromatic rings. The van der Waals surface area contributed by atoms with E-state index in [4.69, 9.17) is 5.11 Å². The standard InChI is InChI=1S/C10H13NO5/c1-5-3-4-6(12)11-8(5)7(9(13)14)10(15)16-2/h5H,3-4H2,1-2H3,(H,11,12)(H,13,14)/b8-7-. The predicted molar refractivity (Wildman–Crippen MR) is 53.2 cm³/mol. The van der Waals surface area contributed by atoms with Crippen LogP contribution in [0.15, 0.2) is 11.3 Å². The van der Waals surface area contributed by atoms with Crippen molar-refractivity contribution in [2.45, 2.75) is 19.8 Å². The Bertz CT molecular complexity index is 371. The number of carboxylic acid groups (broad SMARTS) is 1. The zero-order chi connectivity index (χ0) is 12.3. The summed E-state index contributed by atoms with van der Waals surface area (Å²) >= 11 is 0. The van der Waals surface area contributed by atoms with Gasteiger partial charge in [-0.1, -0.05) is 6.92 Å². The summed E-state index contributed by atoms with van der Waals surface area (Å²) in [6.07, 6.45) is 0.855. The molecule has 0 bridgehead atoms. The summed E-state index contributed by atoms with van der Waals surface area (Å²) in [5.74, 6) is -2.80. The van der Waals surface area contributed by atoms with E-state index in [2.05, 4.69) is 10.1 Å². The summed E-state index contributed by atoms with van der Waals surface area (Å²) in [5.41, 5.74) is -0.362. The number of hydrogen-bond acceptors (Lipinski definition) is 4. The van der Waals surface area contributed by atoms with Gasteiger partial charge in [0.25, 0.3) is 0 Å². The third-order valence-corrected chi connectivity index (χ3v) is 2.44. The molecule has 88 valence electrons. The van der Waals surface area contributed by atoms with Gasteiger partial charge in [-0.25, -0.2) is 9.59 Å². The lowest BCUT2D eigenvalue weighted by Gasteiger charge is -2.23. The zero-order valence-electron chi connectivity index (χ0n) is 9.07. The fraction of sp³-hybridized carbons (Fsp3) is 0.500. The molecule has 1 fully saturated rings. The van der Waals surface area contributed by atoms with Crippen molar-refractivity contribution in [2.75, 3.05) is 7.11 Å². The van der Waals surface area contributed by atoms with Gasteiger partial charge in [-0.2, -0.15) is 0 Å². The van der Waals surface area contributed by atoms with E-state index in [1.807, 2.05) is 0 Å². The van der Waals surface area contributed by atoms with E-state index in [-0.39, 0.29) is 17.5 Å². The Kier molecular flexibility index (Phi) is 3.65. The van der Waals surface area contributed by atoms with Gasteiger partial charge in [-0.05, 0) is 12.3 Å². The van der Waals surface area contributed by atoms with Gasteiger partial charge in [0.15, 0.2) is 5.57 Å². The van der Waals surface area contributed by atoms with Crippen LogP contribution in [0.1, 0.15) is 19.8 Å². The summed E-state index contributed by atoms with van der Waals surface area (Å²) in [5, 5.41) is 11.3. The van der Waals surface area contributed by atoms with Crippen molar-refractivity contribution in [3.63, 3.8) is 0 Å². The number of methoxy groups -OCH3 is 1. The highest BCUT2D eigenvalue weighted by molar-refractivity contribution is 6.14. The molecule has 1 heterocycles. The number of amides is 1. The van der Waals surface area contributed by atoms with Gasteiger partial charge in [0.1, 0.15) is 0 Å². The van der Waals surface area contributed by atoms with Crippen molar-refractivity contribution in [1.82, 2.24) is 5.32 Å². The first-order valence-corrected chi connectivity index (χ1v) is 4.83. The molecule has 6 nitrogen and oxygen atoms in total. The summed E-state index contributed by atoms with van der Waals surface area (Å²) in [4.78, 5) is 33.4. The molecule has 16 heavy (non-hydrogen) atoms. The number of rotatable bonds is 2. The van der Waals surface area contributed by atoms with Gasteiger partial charge in [0, 0.05) is 12.1 Å². The molecule has 1 unspecified atom stereocenters. The number of ether oxygens (including phenoxy) is 1. The van der Waals surface area contributed by atoms with Crippen molar-refractivity contribution in [3.05, 3.63) is 11.3 Å². The monoisotopic (exact) mass is 227 g/mol. The van der Waals surface area contributed by atoms with Crippen LogP contribution < -0.4 is 5.32 Å². The van der Waals surface area contributed by atoms with Crippen LogP contribution in [0.3, 0.4) is 0 Å². The van der Waals surface area contributed by atoms with Gasteiger partial charge in [-0.15, -0.1) is 0 Å². The minimum absolute atomic E-state index is 0.135. The van der Waals surface area contributed by atoms with Crippen molar-refractivity contribution in [2.24, 2.45) is 5.92 Å². The average molecular weight is 227 g/mol. The lowest BCUT2D eigenvalue weighted by Crippen LogP contribution is -2.35. The Balaban J connectivity index is 3.17. The Morgan fingerprint density at radius 2 is 2.12 bits per heavy atom. The van der Waals surface area contributed by atoms with Gasteiger partial charge >= 0.3 is 11.9 Å². The molecule has 0 aromatic carbocycles. The molecular weight excluding hydrogens is 214 g/mol. The first-order valence-electron chi connectivity index (χ1n) is 4.83. The van der Waals surface area contributed by atoms with Gasteiger partial charge < -0.3 is 15.2 Å². The van der Waals surface area contributed by atoms with Crippen molar-refractivity contribution in [3.8, 4) is 0 Å². The number of carboxylic acids is 1. The molecule has 1 aliphatic heterocycles. The van der Waals surface area contributed by atoms with Crippen LogP contribution in [0.25, 0.3) is 0 Å². The predicted octanol–water partition coefficient (Wildman–Crippen LogP) is 0.0442. The molecule has 0 spiro atoms. The van der Waals surface area contributed by atoms with Crippen molar-refractivity contribution in [1.29, 1.82) is 0 Å². The molecule has 6 heteroatoms. The molecule has 0 aromatic heterocycles. The number of esters is 1. The Hall–Kier alpha value is -1.85. The SMILES string of the molecule is COC(=O)/C(C(=O)O)=C1\NC(=O)CCC1C. The van der Waals surface area contributed by atoms with Gasteiger partial charge in [-0.3, -0.25) is 4.79 Å². The third kappa shape index (κ3) is 2.39. The number of carbonyl (C=O) groups excluding carboxylic acids is 2. The third-order valence-electron chi connectivity index (χ3n) is 2.44. The Morgan fingerprint density at radius 3 is 2.62 bits per heavy atom. The second-order valence-electron chi connectivity index (χ2n) is 3.57. The fourth-order valence-electron chi connectivity index (χ4n) is 1.55. The molecule has 1 aliphatic rings. The van der Waals surface area contributed by atoms with Gasteiger partial charge in [0.05, 0.1) is 7.11 Å². The second kappa shape index (κ2) is 4.78. The molecule has 2 N–H and O–H groups in total. The number of nitrogens with one attached hydrogen (secondary N) is 1. The molecule has 1 atom stereocenters. The number of aliphatic carboxylic acids is 1. The summed E-state index contributed by atoms with van der Waals surface area (Å²) in [7, 11) is 1.10. The Labute approximate surface area is 92.3 Å². The highest BCUT2D eigenvalue weighted by atomic mass is 16.5. The summed E-state index contributed by atoms with van der Waals surface area (Å²) in [6, 6.07) is 0. The van der Waals surface area contributed by atoms with E-state index in [0.717, 1.165) is 7.11 Å². The number of carbonyl (C=O) groups is 3. The van der Waals surface area contributed by atoms with Crippen LogP contribution in [0, 0.1) is 5.92 Å². The molecule has 0 aliphatic carbocycles. The van der Waals surface area contributed by atoms with Crippen molar-refractivity contribution >= 4 is 17.8 Å². The molecule has 1 saturated heterocycles. The second-order valence-corrected chi connectivity index (χ2v) is 3.57. The summed E-state index contributed by atoms with van der Waals surface area (Å²) in [6.45, 7) is 1.75. The lowest BCUT2D eigenvalue weighted by atomic mass is 9.93. The minimum Gasteiger partial charge on any atom is -0.477 e. The minimum atomic E-state index is -1.39. The highest BCUT2D eigenvalue weighted by Crippen LogP contribution is 2.23. The van der Waals surface area contributed by atoms with Crippen LogP contribution in [-0.2, 0) is 19.1 Å². The molecular formula is C10H13NO5. The topological polar surface area (TPSA) is 92.7 Å². The molecule has 0 radical (unpaired) electrons. The maximum absolute atomic E-state index is 11.3. The van der Waals surface area contributed by atoms with E-state index in [1.165, 1.54) is 0 Å². The van der Waals surface area contributed by atoms with E-state index < -0.39 is 17.5 Å². The van der Waals surface area contributed by atoms with Crippen LogP contribution >= 0.6 is 0 Å². The number of hydrogen-bond donors (Lipinski definition) is 2. The average Bonchev–Trinajstić information content (AvgIpc) is 2.22. The fourth-order valence-corrected chi connectivity index (χ4v) is 1.55. The first-order chi connectivity index (χ1) is 7.47. The quantitative estimate of drug-likeness (QED) is 0.301. The maximum atomic E-state index is 11.3. The molecule has 0 saturated carbocycles. The Morgan fingerprint density at radius 1 is 1.50 bits per heavy atom. The number of piperidine rings is 1. The van der Waals surface area contributed by atoms with Crippen LogP contribution in [0.4, 0.5) is 0 Å². The zero-order valence-corrected chi connectivity index (χ0v) is 9.07. The van der Waals surface area contributed by atoms with Crippen molar-refractivity contribution < 1.29 is 24.2 Å². The maximum Gasteiger partial charge on any atom is 0.347 e. The van der Waals surface area contributed by atoms with Crippen LogP contribution in [0.2, 0.25) is 0 Å². The summed E-state index contributed by atoms with van der Waals surface area (Å²) < 4.78 is 4.38. The largest absolute Gasteiger partial charge is 0.477 e. The lowest BCUT2D eigenvalue weighted by molar-refractivity contribution is -0.142. The van der Waals surface area contributed by atoms with E-state index in [0.29, 0.717) is 12.8 Å². The molecule has 1 amide bonds. The van der Waals surface area contributed by atoms with E-state index in [9.17, 15) is 14.4 Å². The first kappa shape index (κ1) is 12.2. The smallest absolute Gasteiger partial charge is 0.347 e. The normalized spacial score (nSPS) is 23.4. The van der Waals surface area contributed by atoms with E-state index in [1.54, 1.807) is 6.92 Å². The molecule has 1 rings (SSSR count). The van der Waals surface area contributed by atoms with E-state index >= 15 is 0 Å². The van der Waals surface area contributed by atoms with Crippen LogP contribution in [-0.4, -0.2) is 30.1 Å².